The van der Waals surface area contributed by atoms with Crippen LogP contribution in [0.3, 0.4) is 0 Å². The summed E-state index contributed by atoms with van der Waals surface area (Å²) < 4.78 is 1.66. The van der Waals surface area contributed by atoms with Gasteiger partial charge in [-0.05, 0) is 19.1 Å². The number of benzene rings is 1. The van der Waals surface area contributed by atoms with Gasteiger partial charge in [0.05, 0.1) is 16.4 Å². The number of rotatable bonds is 3. The molecule has 8 nitrogen and oxygen atoms in total. The average Bonchev–Trinajstić information content (AvgIpc) is 2.79. The second-order valence-electron chi connectivity index (χ2n) is 7.08. The van der Waals surface area contributed by atoms with Gasteiger partial charge in [-0.2, -0.15) is 0 Å². The first-order valence-electron chi connectivity index (χ1n) is 9.81. The highest BCUT2D eigenvalue weighted by molar-refractivity contribution is 5.79. The maximum Gasteiger partial charge on any atom is 0.261 e. The van der Waals surface area contributed by atoms with Gasteiger partial charge in [-0.1, -0.05) is 18.2 Å². The first-order valence-corrected chi connectivity index (χ1v) is 9.81. The van der Waals surface area contributed by atoms with Crippen molar-refractivity contribution in [2.75, 3.05) is 36.0 Å². The van der Waals surface area contributed by atoms with Crippen molar-refractivity contribution in [1.29, 1.82) is 0 Å². The molecule has 4 heterocycles. The molecule has 4 aromatic rings. The largest absolute Gasteiger partial charge is 0.337 e. The molecule has 0 atom stereocenters. The molecule has 3 aromatic heterocycles. The number of nitrogens with zero attached hydrogens (tertiary/aromatic N) is 7. The minimum atomic E-state index is -0.0465. The van der Waals surface area contributed by atoms with Gasteiger partial charge in [0.25, 0.3) is 5.56 Å². The van der Waals surface area contributed by atoms with Crippen LogP contribution in [-0.2, 0) is 6.54 Å². The Morgan fingerprint density at radius 1 is 0.862 bits per heavy atom. The molecule has 0 radical (unpaired) electrons. The van der Waals surface area contributed by atoms with E-state index < -0.39 is 0 Å². The smallest absolute Gasteiger partial charge is 0.261 e. The fraction of sp³-hybridized carbons (Fsp3) is 0.286. The molecular weight excluding hydrogens is 366 g/mol. The van der Waals surface area contributed by atoms with Gasteiger partial charge in [0.15, 0.2) is 0 Å². The van der Waals surface area contributed by atoms with Gasteiger partial charge < -0.3 is 14.4 Å². The number of hydrogen-bond acceptors (Lipinski definition) is 7. The zero-order chi connectivity index (χ0) is 19.8. The number of pyridine rings is 1. The molecule has 0 N–H and O–H groups in total. The highest BCUT2D eigenvalue weighted by Crippen LogP contribution is 2.19. The van der Waals surface area contributed by atoms with Gasteiger partial charge in [-0.25, -0.2) is 19.9 Å². The summed E-state index contributed by atoms with van der Waals surface area (Å²) in [5, 5.41) is 1.60. The minimum absolute atomic E-state index is 0.0465. The monoisotopic (exact) mass is 387 g/mol. The van der Waals surface area contributed by atoms with Crippen LogP contribution < -0.4 is 15.4 Å². The zero-order valence-electron chi connectivity index (χ0n) is 16.2. The molecular formula is C21H21N7O. The lowest BCUT2D eigenvalue weighted by Gasteiger charge is -2.34. The van der Waals surface area contributed by atoms with Crippen molar-refractivity contribution in [3.05, 3.63) is 59.3 Å². The maximum atomic E-state index is 12.4. The highest BCUT2D eigenvalue weighted by atomic mass is 16.1. The van der Waals surface area contributed by atoms with Crippen LogP contribution in [0.25, 0.3) is 21.8 Å². The maximum absolute atomic E-state index is 12.4. The second-order valence-corrected chi connectivity index (χ2v) is 7.08. The molecule has 1 aromatic carbocycles. The van der Waals surface area contributed by atoms with Gasteiger partial charge in [-0.15, -0.1) is 0 Å². The molecule has 29 heavy (non-hydrogen) atoms. The summed E-state index contributed by atoms with van der Waals surface area (Å²) in [6.45, 7) is 5.70. The summed E-state index contributed by atoms with van der Waals surface area (Å²) in [7, 11) is 0. The second kappa shape index (κ2) is 7.12. The number of piperazine rings is 1. The summed E-state index contributed by atoms with van der Waals surface area (Å²) in [4.78, 5) is 35.0. The van der Waals surface area contributed by atoms with Crippen LogP contribution >= 0.6 is 0 Å². The summed E-state index contributed by atoms with van der Waals surface area (Å²) in [5.74, 6) is 1.41. The van der Waals surface area contributed by atoms with Crippen LogP contribution in [0.4, 0.5) is 11.9 Å². The van der Waals surface area contributed by atoms with E-state index in [1.54, 1.807) is 17.0 Å². The van der Waals surface area contributed by atoms with E-state index in [0.717, 1.165) is 43.0 Å². The molecule has 0 aliphatic carbocycles. The molecule has 1 aliphatic heterocycles. The van der Waals surface area contributed by atoms with E-state index in [2.05, 4.69) is 24.8 Å². The normalized spacial score (nSPS) is 14.7. The zero-order valence-corrected chi connectivity index (χ0v) is 16.2. The first kappa shape index (κ1) is 17.5. The molecule has 5 rings (SSSR count). The number of anilines is 2. The Hall–Kier alpha value is -3.55. The molecule has 1 fully saturated rings. The Morgan fingerprint density at radius 3 is 2.24 bits per heavy atom. The van der Waals surface area contributed by atoms with Crippen molar-refractivity contribution >= 4 is 33.7 Å². The topological polar surface area (TPSA) is 80.0 Å². The van der Waals surface area contributed by atoms with Crippen LogP contribution in [0.5, 0.6) is 0 Å². The van der Waals surface area contributed by atoms with E-state index >= 15 is 0 Å². The molecule has 0 saturated carbocycles. The first-order chi connectivity index (χ1) is 14.2. The molecule has 0 amide bonds. The predicted molar refractivity (Wildman–Crippen MR) is 113 cm³/mol. The van der Waals surface area contributed by atoms with E-state index in [1.807, 2.05) is 43.5 Å². The lowest BCUT2D eigenvalue weighted by Crippen LogP contribution is -2.47. The molecule has 146 valence electrons. The lowest BCUT2D eigenvalue weighted by molar-refractivity contribution is 0.630. The fourth-order valence-electron chi connectivity index (χ4n) is 3.68. The lowest BCUT2D eigenvalue weighted by atomic mass is 10.2. The van der Waals surface area contributed by atoms with E-state index in [1.165, 1.54) is 0 Å². The van der Waals surface area contributed by atoms with Crippen LogP contribution in [0.15, 0.2) is 53.7 Å². The van der Waals surface area contributed by atoms with Crippen LogP contribution in [0, 0.1) is 0 Å². The van der Waals surface area contributed by atoms with E-state index in [4.69, 9.17) is 4.98 Å². The number of fused-ring (bicyclic) bond motifs is 2. The summed E-state index contributed by atoms with van der Waals surface area (Å²) in [6.07, 6.45) is 5.31. The van der Waals surface area contributed by atoms with Crippen LogP contribution in [0.2, 0.25) is 0 Å². The van der Waals surface area contributed by atoms with Crippen molar-refractivity contribution in [2.24, 2.45) is 0 Å². The van der Waals surface area contributed by atoms with Crippen molar-refractivity contribution in [3.8, 4) is 0 Å². The molecule has 0 spiro atoms. The molecule has 1 aliphatic rings. The van der Waals surface area contributed by atoms with Crippen molar-refractivity contribution in [3.63, 3.8) is 0 Å². The number of aryl methyl sites for hydroxylation is 1. The third kappa shape index (κ3) is 3.16. The summed E-state index contributed by atoms with van der Waals surface area (Å²) >= 11 is 0. The molecule has 8 heteroatoms. The molecule has 0 bridgehead atoms. The van der Waals surface area contributed by atoms with E-state index in [9.17, 15) is 4.79 Å². The summed E-state index contributed by atoms with van der Waals surface area (Å²) in [6, 6.07) is 9.88. The number of para-hydroxylation sites is 1. The standard InChI is InChI=1S/C21H21N7O/c1-2-26-8-7-18-16(19(26)29)14-23-21(25-18)28-11-9-27(10-12-28)20-22-13-15-5-3-4-6-17(15)24-20/h3-8,13-14H,2,9-12H2,1H3. The van der Waals surface area contributed by atoms with E-state index in [0.29, 0.717) is 23.4 Å². The Balaban J connectivity index is 1.35. The van der Waals surface area contributed by atoms with Crippen molar-refractivity contribution in [2.45, 2.75) is 13.5 Å². The summed E-state index contributed by atoms with van der Waals surface area (Å²) in [5.41, 5.74) is 1.59. The third-order valence-corrected chi connectivity index (χ3v) is 5.37. The van der Waals surface area contributed by atoms with Gasteiger partial charge in [0.2, 0.25) is 11.9 Å². The number of aromatic nitrogens is 5. The SMILES string of the molecule is CCn1ccc2nc(N3CCN(c4ncc5ccccc5n4)CC3)ncc2c1=O. The van der Waals surface area contributed by atoms with Gasteiger partial charge in [0.1, 0.15) is 0 Å². The highest BCUT2D eigenvalue weighted by Gasteiger charge is 2.21. The van der Waals surface area contributed by atoms with Crippen LogP contribution in [-0.4, -0.2) is 50.7 Å². The van der Waals surface area contributed by atoms with E-state index in [-0.39, 0.29) is 5.56 Å². The Labute approximate surface area is 167 Å². The van der Waals surface area contributed by atoms with Gasteiger partial charge >= 0.3 is 0 Å². The van der Waals surface area contributed by atoms with Crippen molar-refractivity contribution in [1.82, 2.24) is 24.5 Å². The molecule has 1 saturated heterocycles. The Morgan fingerprint density at radius 2 is 1.52 bits per heavy atom. The fourth-order valence-corrected chi connectivity index (χ4v) is 3.68. The predicted octanol–water partition coefficient (Wildman–Crippen LogP) is 2.08. The third-order valence-electron chi connectivity index (χ3n) is 5.37. The van der Waals surface area contributed by atoms with Crippen molar-refractivity contribution < 1.29 is 0 Å². The number of hydrogen-bond donors (Lipinski definition) is 0. The van der Waals surface area contributed by atoms with Gasteiger partial charge in [0, 0.05) is 56.7 Å². The van der Waals surface area contributed by atoms with Crippen LogP contribution in [0.1, 0.15) is 6.92 Å². The quantitative estimate of drug-likeness (QED) is 0.532. The minimum Gasteiger partial charge on any atom is -0.337 e. The molecule has 0 unspecified atom stereocenters. The average molecular weight is 387 g/mol. The Bertz CT molecular complexity index is 1240. The Kier molecular flexibility index (Phi) is 4.31. The van der Waals surface area contributed by atoms with Gasteiger partial charge in [-0.3, -0.25) is 4.79 Å².